The maximum absolute atomic E-state index is 12.7. The highest BCUT2D eigenvalue weighted by Crippen LogP contribution is 2.29. The van der Waals surface area contributed by atoms with Crippen molar-refractivity contribution in [2.24, 2.45) is 5.92 Å². The summed E-state index contributed by atoms with van der Waals surface area (Å²) in [6.07, 6.45) is 0. The Hall–Kier alpha value is -3.16. The molecule has 2 N–H and O–H groups in total. The van der Waals surface area contributed by atoms with Gasteiger partial charge in [-0.25, -0.2) is 0 Å². The van der Waals surface area contributed by atoms with Gasteiger partial charge in [-0.05, 0) is 42.2 Å². The Kier molecular flexibility index (Phi) is 8.15. The van der Waals surface area contributed by atoms with Crippen molar-refractivity contribution in [3.8, 4) is 11.5 Å². The van der Waals surface area contributed by atoms with E-state index in [9.17, 15) is 18.4 Å². The first kappa shape index (κ1) is 23.1. The Morgan fingerprint density at radius 2 is 1.77 bits per heavy atom. The molecule has 0 spiro atoms. The van der Waals surface area contributed by atoms with E-state index in [0.717, 1.165) is 5.56 Å². The first-order chi connectivity index (χ1) is 14.2. The maximum Gasteiger partial charge on any atom is 0.387 e. The molecular weight excluding hydrogens is 394 g/mol. The van der Waals surface area contributed by atoms with Crippen molar-refractivity contribution in [1.29, 1.82) is 0 Å². The predicted octanol–water partition coefficient (Wildman–Crippen LogP) is 3.68. The summed E-state index contributed by atoms with van der Waals surface area (Å²) in [4.78, 5) is 25.3. The predicted molar refractivity (Wildman–Crippen MR) is 109 cm³/mol. The van der Waals surface area contributed by atoms with E-state index >= 15 is 0 Å². The van der Waals surface area contributed by atoms with Gasteiger partial charge in [0, 0.05) is 12.1 Å². The van der Waals surface area contributed by atoms with Crippen molar-refractivity contribution in [2.75, 3.05) is 7.11 Å². The van der Waals surface area contributed by atoms with E-state index in [1.54, 1.807) is 18.2 Å². The third-order valence-corrected chi connectivity index (χ3v) is 4.54. The third kappa shape index (κ3) is 6.17. The fourth-order valence-electron chi connectivity index (χ4n) is 2.90. The molecule has 30 heavy (non-hydrogen) atoms. The molecule has 0 aliphatic heterocycles. The standard InChI is InChI=1S/C22H26F2N2O4/c1-13(2)19(26-20(27)16-8-6-5-7-14(16)3)21(28)25-12-15-9-10-17(30-22(23)24)18(11-15)29-4/h5-11,13,19,22H,12H2,1-4H3,(H,25,28)(H,26,27). The summed E-state index contributed by atoms with van der Waals surface area (Å²) in [6, 6.07) is 10.8. The van der Waals surface area contributed by atoms with Crippen LogP contribution in [0.15, 0.2) is 42.5 Å². The van der Waals surface area contributed by atoms with E-state index in [0.29, 0.717) is 11.1 Å². The molecule has 1 unspecified atom stereocenters. The van der Waals surface area contributed by atoms with Crippen LogP contribution < -0.4 is 20.1 Å². The van der Waals surface area contributed by atoms with Gasteiger partial charge in [-0.15, -0.1) is 0 Å². The lowest BCUT2D eigenvalue weighted by Gasteiger charge is -2.22. The van der Waals surface area contributed by atoms with Gasteiger partial charge in [0.25, 0.3) is 5.91 Å². The molecule has 0 saturated carbocycles. The molecule has 6 nitrogen and oxygen atoms in total. The topological polar surface area (TPSA) is 76.7 Å². The fourth-order valence-corrected chi connectivity index (χ4v) is 2.90. The zero-order chi connectivity index (χ0) is 22.3. The lowest BCUT2D eigenvalue weighted by atomic mass is 10.0. The SMILES string of the molecule is COc1cc(CNC(=O)C(NC(=O)c2ccccc2C)C(C)C)ccc1OC(F)F. The Morgan fingerprint density at radius 3 is 2.37 bits per heavy atom. The highest BCUT2D eigenvalue weighted by Gasteiger charge is 2.25. The summed E-state index contributed by atoms with van der Waals surface area (Å²) in [7, 11) is 1.34. The highest BCUT2D eigenvalue weighted by molar-refractivity contribution is 5.98. The zero-order valence-electron chi connectivity index (χ0n) is 17.4. The van der Waals surface area contributed by atoms with Crippen LogP contribution in [0.25, 0.3) is 0 Å². The van der Waals surface area contributed by atoms with E-state index in [-0.39, 0.29) is 35.8 Å². The van der Waals surface area contributed by atoms with Crippen molar-refractivity contribution in [1.82, 2.24) is 10.6 Å². The summed E-state index contributed by atoms with van der Waals surface area (Å²) >= 11 is 0. The molecule has 2 rings (SSSR count). The lowest BCUT2D eigenvalue weighted by Crippen LogP contribution is -2.49. The molecule has 0 radical (unpaired) electrons. The summed E-state index contributed by atoms with van der Waals surface area (Å²) < 4.78 is 34.3. The Morgan fingerprint density at radius 1 is 1.07 bits per heavy atom. The largest absolute Gasteiger partial charge is 0.493 e. The molecule has 2 amide bonds. The quantitative estimate of drug-likeness (QED) is 0.649. The number of hydrogen-bond acceptors (Lipinski definition) is 4. The van der Waals surface area contributed by atoms with Crippen LogP contribution in [-0.2, 0) is 11.3 Å². The smallest absolute Gasteiger partial charge is 0.387 e. The molecule has 2 aromatic rings. The number of carbonyl (C=O) groups is 2. The van der Waals surface area contributed by atoms with Gasteiger partial charge < -0.3 is 20.1 Å². The summed E-state index contributed by atoms with van der Waals surface area (Å²) in [5.41, 5.74) is 1.96. The normalized spacial score (nSPS) is 11.9. The van der Waals surface area contributed by atoms with E-state index in [1.165, 1.54) is 19.2 Å². The van der Waals surface area contributed by atoms with Crippen molar-refractivity contribution in [2.45, 2.75) is 40.0 Å². The number of halogens is 2. The molecule has 0 heterocycles. The van der Waals surface area contributed by atoms with Gasteiger partial charge in [-0.1, -0.05) is 38.1 Å². The molecule has 2 aromatic carbocycles. The third-order valence-electron chi connectivity index (χ3n) is 4.54. The van der Waals surface area contributed by atoms with E-state index in [1.807, 2.05) is 32.9 Å². The number of benzene rings is 2. The average Bonchev–Trinajstić information content (AvgIpc) is 2.70. The van der Waals surface area contributed by atoms with E-state index < -0.39 is 12.7 Å². The minimum Gasteiger partial charge on any atom is -0.493 e. The number of methoxy groups -OCH3 is 1. The van der Waals surface area contributed by atoms with E-state index in [2.05, 4.69) is 15.4 Å². The number of rotatable bonds is 9. The van der Waals surface area contributed by atoms with Crippen LogP contribution in [0.3, 0.4) is 0 Å². The van der Waals surface area contributed by atoms with E-state index in [4.69, 9.17) is 4.74 Å². The molecule has 1 atom stereocenters. The summed E-state index contributed by atoms with van der Waals surface area (Å²) in [5, 5.41) is 5.55. The second-order valence-electron chi connectivity index (χ2n) is 7.09. The summed E-state index contributed by atoms with van der Waals surface area (Å²) in [6.45, 7) is 2.67. The van der Waals surface area contributed by atoms with Gasteiger partial charge in [0.1, 0.15) is 6.04 Å². The molecule has 0 aromatic heterocycles. The molecule has 0 aliphatic rings. The number of amides is 2. The second-order valence-corrected chi connectivity index (χ2v) is 7.09. The van der Waals surface area contributed by atoms with Crippen LogP contribution in [0, 0.1) is 12.8 Å². The van der Waals surface area contributed by atoms with Crippen LogP contribution >= 0.6 is 0 Å². The van der Waals surface area contributed by atoms with Crippen LogP contribution in [0.2, 0.25) is 0 Å². The molecular formula is C22H26F2N2O4. The van der Waals surface area contributed by atoms with Gasteiger partial charge in [0.05, 0.1) is 7.11 Å². The average molecular weight is 420 g/mol. The first-order valence-electron chi connectivity index (χ1n) is 9.48. The van der Waals surface area contributed by atoms with Crippen LogP contribution in [0.5, 0.6) is 11.5 Å². The van der Waals surface area contributed by atoms with Crippen molar-refractivity contribution < 1.29 is 27.8 Å². The monoisotopic (exact) mass is 420 g/mol. The van der Waals surface area contributed by atoms with Gasteiger partial charge in [-0.2, -0.15) is 8.78 Å². The second kappa shape index (κ2) is 10.6. The van der Waals surface area contributed by atoms with Crippen LogP contribution in [-0.4, -0.2) is 31.6 Å². The molecule has 0 saturated heterocycles. The van der Waals surface area contributed by atoms with Crippen LogP contribution in [0.1, 0.15) is 35.3 Å². The van der Waals surface area contributed by atoms with Gasteiger partial charge >= 0.3 is 6.61 Å². The number of nitrogens with one attached hydrogen (secondary N) is 2. The zero-order valence-corrected chi connectivity index (χ0v) is 17.4. The Bertz CT molecular complexity index is 887. The number of hydrogen-bond donors (Lipinski definition) is 2. The number of aryl methyl sites for hydroxylation is 1. The highest BCUT2D eigenvalue weighted by atomic mass is 19.3. The van der Waals surface area contributed by atoms with Crippen molar-refractivity contribution in [3.05, 3.63) is 59.2 Å². The maximum atomic E-state index is 12.7. The number of ether oxygens (including phenoxy) is 2. The first-order valence-corrected chi connectivity index (χ1v) is 9.48. The lowest BCUT2D eigenvalue weighted by molar-refractivity contribution is -0.124. The number of carbonyl (C=O) groups excluding carboxylic acids is 2. The number of alkyl halides is 2. The van der Waals surface area contributed by atoms with Crippen LogP contribution in [0.4, 0.5) is 8.78 Å². The minimum atomic E-state index is -2.96. The fraction of sp³-hybridized carbons (Fsp3) is 0.364. The van der Waals surface area contributed by atoms with Gasteiger partial charge in [-0.3, -0.25) is 9.59 Å². The molecule has 8 heteroatoms. The Labute approximate surface area is 174 Å². The van der Waals surface area contributed by atoms with Gasteiger partial charge in [0.2, 0.25) is 5.91 Å². The molecule has 0 fully saturated rings. The van der Waals surface area contributed by atoms with Crippen molar-refractivity contribution in [3.63, 3.8) is 0 Å². The van der Waals surface area contributed by atoms with Gasteiger partial charge in [0.15, 0.2) is 11.5 Å². The molecule has 162 valence electrons. The molecule has 0 bridgehead atoms. The minimum absolute atomic E-state index is 0.0897. The van der Waals surface area contributed by atoms with Crippen molar-refractivity contribution >= 4 is 11.8 Å². The Balaban J connectivity index is 2.05. The molecule has 0 aliphatic carbocycles. The summed E-state index contributed by atoms with van der Waals surface area (Å²) in [5.74, 6) is -0.770.